The standard InChI is InChI=1S/C40H30/c1-5-13-35-27(9-1)17-21-31(35)25-33-23-19-29-11-3-7-15-37(29)39(33)40-34(24-20-30-12-4-8-16-38(30)40)26-32-22-18-28-10-2-6-14-36(28)32/h1-24,31-32H,25-26H2/t31-,32?/m1/s1. The van der Waals surface area contributed by atoms with Gasteiger partial charge in [-0.2, -0.15) is 0 Å². The van der Waals surface area contributed by atoms with E-state index in [1.807, 2.05) is 0 Å². The average Bonchev–Trinajstić information content (AvgIpc) is 3.61. The molecule has 0 saturated heterocycles. The molecule has 8 rings (SSSR count). The maximum atomic E-state index is 2.40. The zero-order valence-electron chi connectivity index (χ0n) is 22.4. The van der Waals surface area contributed by atoms with Crippen LogP contribution in [0.3, 0.4) is 0 Å². The average molecular weight is 511 g/mol. The summed E-state index contributed by atoms with van der Waals surface area (Å²) >= 11 is 0. The maximum absolute atomic E-state index is 2.40. The van der Waals surface area contributed by atoms with E-state index in [-0.39, 0.29) is 0 Å². The van der Waals surface area contributed by atoms with Crippen molar-refractivity contribution in [3.63, 3.8) is 0 Å². The van der Waals surface area contributed by atoms with Crippen molar-refractivity contribution >= 4 is 33.7 Å². The fourth-order valence-corrected chi connectivity index (χ4v) is 7.04. The Bertz CT molecular complexity index is 1820. The van der Waals surface area contributed by atoms with Crippen LogP contribution in [0, 0.1) is 0 Å². The predicted molar refractivity (Wildman–Crippen MR) is 171 cm³/mol. The van der Waals surface area contributed by atoms with Gasteiger partial charge in [-0.05, 0) is 78.9 Å². The van der Waals surface area contributed by atoms with Crippen LogP contribution in [0.15, 0.2) is 133 Å². The second kappa shape index (κ2) is 9.50. The smallest absolute Gasteiger partial charge is 0.00678 e. The minimum Gasteiger partial charge on any atom is -0.0760 e. The highest BCUT2D eigenvalue weighted by molar-refractivity contribution is 6.08. The molecule has 0 heteroatoms. The van der Waals surface area contributed by atoms with Crippen molar-refractivity contribution in [1.82, 2.24) is 0 Å². The van der Waals surface area contributed by atoms with E-state index < -0.39 is 0 Å². The number of hydrogen-bond donors (Lipinski definition) is 0. The summed E-state index contributed by atoms with van der Waals surface area (Å²) in [6.45, 7) is 0. The first kappa shape index (κ1) is 23.2. The Balaban J connectivity index is 1.34. The van der Waals surface area contributed by atoms with Crippen LogP contribution in [0.2, 0.25) is 0 Å². The van der Waals surface area contributed by atoms with Gasteiger partial charge >= 0.3 is 0 Å². The van der Waals surface area contributed by atoms with Crippen LogP contribution < -0.4 is 0 Å². The summed E-state index contributed by atoms with van der Waals surface area (Å²) < 4.78 is 0. The zero-order chi connectivity index (χ0) is 26.5. The van der Waals surface area contributed by atoms with E-state index in [1.165, 1.54) is 66.1 Å². The first-order valence-corrected chi connectivity index (χ1v) is 14.4. The largest absolute Gasteiger partial charge is 0.0760 e. The molecule has 0 radical (unpaired) electrons. The van der Waals surface area contributed by atoms with Crippen LogP contribution in [-0.2, 0) is 12.8 Å². The lowest BCUT2D eigenvalue weighted by Crippen LogP contribution is -2.04. The van der Waals surface area contributed by atoms with Gasteiger partial charge in [0.2, 0.25) is 0 Å². The molecule has 190 valence electrons. The van der Waals surface area contributed by atoms with Gasteiger partial charge in [0.05, 0.1) is 0 Å². The van der Waals surface area contributed by atoms with Gasteiger partial charge in [0, 0.05) is 11.8 Å². The number of allylic oxidation sites excluding steroid dienone is 2. The second-order valence-corrected chi connectivity index (χ2v) is 11.2. The number of benzene rings is 6. The van der Waals surface area contributed by atoms with Gasteiger partial charge in [-0.25, -0.2) is 0 Å². The molecule has 0 nitrogen and oxygen atoms in total. The van der Waals surface area contributed by atoms with Crippen molar-refractivity contribution in [3.8, 4) is 11.1 Å². The van der Waals surface area contributed by atoms with Crippen molar-refractivity contribution in [1.29, 1.82) is 0 Å². The molecule has 6 aromatic carbocycles. The molecule has 0 spiro atoms. The SMILES string of the molecule is C1=CC(Cc2ccc3ccccc3c2-c2c(C[C@H]3C=Cc4ccccc43)ccc3ccccc23)c2ccccc21. The quantitative estimate of drug-likeness (QED) is 0.216. The fourth-order valence-electron chi connectivity index (χ4n) is 7.04. The molecule has 2 aliphatic rings. The van der Waals surface area contributed by atoms with E-state index in [9.17, 15) is 0 Å². The van der Waals surface area contributed by atoms with E-state index in [0.717, 1.165) is 12.8 Å². The molecular weight excluding hydrogens is 480 g/mol. The molecule has 0 amide bonds. The van der Waals surface area contributed by atoms with Gasteiger partial charge in [-0.15, -0.1) is 0 Å². The Morgan fingerprint density at radius 3 is 1.32 bits per heavy atom. The molecule has 0 heterocycles. The monoisotopic (exact) mass is 510 g/mol. The Labute approximate surface area is 235 Å². The van der Waals surface area contributed by atoms with Gasteiger partial charge in [0.25, 0.3) is 0 Å². The highest BCUT2D eigenvalue weighted by atomic mass is 14.3. The molecule has 0 saturated carbocycles. The lowest BCUT2D eigenvalue weighted by atomic mass is 9.81. The summed E-state index contributed by atoms with van der Waals surface area (Å²) in [5, 5.41) is 5.28. The highest BCUT2D eigenvalue weighted by Crippen LogP contribution is 2.44. The van der Waals surface area contributed by atoms with Gasteiger partial charge in [-0.1, -0.05) is 146 Å². The van der Waals surface area contributed by atoms with Crippen molar-refractivity contribution in [3.05, 3.63) is 167 Å². The molecule has 2 atom stereocenters. The van der Waals surface area contributed by atoms with E-state index in [1.54, 1.807) is 0 Å². The minimum absolute atomic E-state index is 0.388. The third-order valence-corrected chi connectivity index (χ3v) is 8.97. The van der Waals surface area contributed by atoms with E-state index in [0.29, 0.717) is 11.8 Å². The Morgan fingerprint density at radius 2 is 0.825 bits per heavy atom. The van der Waals surface area contributed by atoms with Gasteiger partial charge in [0.15, 0.2) is 0 Å². The lowest BCUT2D eigenvalue weighted by molar-refractivity contribution is 0.846. The summed E-state index contributed by atoms with van der Waals surface area (Å²) in [7, 11) is 0. The van der Waals surface area contributed by atoms with Gasteiger partial charge < -0.3 is 0 Å². The Kier molecular flexibility index (Phi) is 5.52. The van der Waals surface area contributed by atoms with Crippen LogP contribution in [0.4, 0.5) is 0 Å². The first-order chi connectivity index (χ1) is 19.8. The Morgan fingerprint density at radius 1 is 0.400 bits per heavy atom. The normalized spacial score (nSPS) is 17.0. The number of fused-ring (bicyclic) bond motifs is 4. The third kappa shape index (κ3) is 3.83. The molecule has 1 unspecified atom stereocenters. The summed E-state index contributed by atoms with van der Waals surface area (Å²) in [6, 6.07) is 45.0. The van der Waals surface area contributed by atoms with E-state index in [2.05, 4.69) is 146 Å². The predicted octanol–water partition coefficient (Wildman–Crippen LogP) is 10.4. The van der Waals surface area contributed by atoms with Gasteiger partial charge in [-0.3, -0.25) is 0 Å². The summed E-state index contributed by atoms with van der Waals surface area (Å²) in [5.41, 5.74) is 11.2. The zero-order valence-corrected chi connectivity index (χ0v) is 22.4. The molecule has 40 heavy (non-hydrogen) atoms. The van der Waals surface area contributed by atoms with Crippen LogP contribution in [0.1, 0.15) is 45.2 Å². The summed E-state index contributed by atoms with van der Waals surface area (Å²) in [4.78, 5) is 0. The number of rotatable bonds is 5. The van der Waals surface area contributed by atoms with Crippen molar-refractivity contribution in [2.24, 2.45) is 0 Å². The molecule has 0 fully saturated rings. The molecule has 0 aliphatic heterocycles. The minimum atomic E-state index is 0.388. The fraction of sp³-hybridized carbons (Fsp3) is 0.100. The highest BCUT2D eigenvalue weighted by Gasteiger charge is 2.24. The first-order valence-electron chi connectivity index (χ1n) is 14.4. The summed E-state index contributed by atoms with van der Waals surface area (Å²) in [5.74, 6) is 0.776. The van der Waals surface area contributed by atoms with E-state index in [4.69, 9.17) is 0 Å². The van der Waals surface area contributed by atoms with Crippen LogP contribution in [0.25, 0.3) is 44.8 Å². The molecule has 0 bridgehead atoms. The molecule has 0 N–H and O–H groups in total. The van der Waals surface area contributed by atoms with Crippen LogP contribution >= 0.6 is 0 Å². The lowest BCUT2D eigenvalue weighted by Gasteiger charge is -2.22. The topological polar surface area (TPSA) is 0 Å². The van der Waals surface area contributed by atoms with Crippen molar-refractivity contribution < 1.29 is 0 Å². The molecule has 2 aliphatic carbocycles. The molecule has 6 aromatic rings. The van der Waals surface area contributed by atoms with E-state index >= 15 is 0 Å². The van der Waals surface area contributed by atoms with Crippen LogP contribution in [-0.4, -0.2) is 0 Å². The summed E-state index contributed by atoms with van der Waals surface area (Å²) in [6.07, 6.45) is 11.4. The van der Waals surface area contributed by atoms with Crippen LogP contribution in [0.5, 0.6) is 0 Å². The third-order valence-electron chi connectivity index (χ3n) is 8.97. The second-order valence-electron chi connectivity index (χ2n) is 11.2. The van der Waals surface area contributed by atoms with Gasteiger partial charge in [0.1, 0.15) is 0 Å². The van der Waals surface area contributed by atoms with Crippen molar-refractivity contribution in [2.45, 2.75) is 24.7 Å². The number of hydrogen-bond acceptors (Lipinski definition) is 0. The molecular formula is C40H30. The maximum Gasteiger partial charge on any atom is 0.00678 e. The molecule has 0 aromatic heterocycles. The Hall–Kier alpha value is -4.68. The van der Waals surface area contributed by atoms with Crippen molar-refractivity contribution in [2.75, 3.05) is 0 Å².